The lowest BCUT2D eigenvalue weighted by Crippen LogP contribution is -2.15. The van der Waals surface area contributed by atoms with Gasteiger partial charge >= 0.3 is 0 Å². The van der Waals surface area contributed by atoms with E-state index in [1.54, 1.807) is 12.1 Å². The first-order valence-electron chi connectivity index (χ1n) is 6.01. The smallest absolute Gasteiger partial charge is 0.275 e. The largest absolute Gasteiger partial charge is 0.320 e. The first-order chi connectivity index (χ1) is 10.1. The SMILES string of the molecule is NCC#Cc1cccnc1C(=O)Nc1cc(F)cc(Cl)c1. The average Bonchev–Trinajstić information content (AvgIpc) is 2.44. The van der Waals surface area contributed by atoms with Gasteiger partial charge < -0.3 is 11.1 Å². The van der Waals surface area contributed by atoms with Crippen molar-refractivity contribution in [1.29, 1.82) is 0 Å². The molecule has 1 aromatic carbocycles. The van der Waals surface area contributed by atoms with Crippen molar-refractivity contribution in [2.45, 2.75) is 0 Å². The Labute approximate surface area is 126 Å². The van der Waals surface area contributed by atoms with Crippen molar-refractivity contribution in [3.8, 4) is 11.8 Å². The van der Waals surface area contributed by atoms with E-state index in [1.807, 2.05) is 0 Å². The number of benzene rings is 1. The highest BCUT2D eigenvalue weighted by Gasteiger charge is 2.12. The predicted molar refractivity (Wildman–Crippen MR) is 79.5 cm³/mol. The number of hydrogen-bond donors (Lipinski definition) is 2. The average molecular weight is 304 g/mol. The van der Waals surface area contributed by atoms with Crippen LogP contribution in [0.3, 0.4) is 0 Å². The normalized spacial score (nSPS) is 9.67. The molecule has 2 aromatic rings. The van der Waals surface area contributed by atoms with Gasteiger partial charge in [-0.2, -0.15) is 0 Å². The molecule has 0 atom stereocenters. The molecule has 6 heteroatoms. The van der Waals surface area contributed by atoms with E-state index >= 15 is 0 Å². The van der Waals surface area contributed by atoms with Gasteiger partial charge in [0.05, 0.1) is 12.1 Å². The van der Waals surface area contributed by atoms with E-state index in [9.17, 15) is 9.18 Å². The predicted octanol–water partition coefficient (Wildman–Crippen LogP) is 2.44. The molecule has 1 heterocycles. The van der Waals surface area contributed by atoms with Gasteiger partial charge in [-0.05, 0) is 30.3 Å². The Bertz CT molecular complexity index is 717. The molecule has 0 aliphatic carbocycles. The first kappa shape index (κ1) is 15.0. The Balaban J connectivity index is 2.28. The number of amides is 1. The van der Waals surface area contributed by atoms with Crippen LogP contribution in [-0.4, -0.2) is 17.4 Å². The summed E-state index contributed by atoms with van der Waals surface area (Å²) in [7, 11) is 0. The van der Waals surface area contributed by atoms with Crippen molar-refractivity contribution in [2.75, 3.05) is 11.9 Å². The molecule has 0 bridgehead atoms. The molecule has 4 nitrogen and oxygen atoms in total. The molecule has 0 saturated carbocycles. The molecule has 0 aliphatic heterocycles. The Morgan fingerprint density at radius 1 is 1.43 bits per heavy atom. The highest BCUT2D eigenvalue weighted by molar-refractivity contribution is 6.31. The van der Waals surface area contributed by atoms with Crippen molar-refractivity contribution in [2.24, 2.45) is 5.73 Å². The maximum absolute atomic E-state index is 13.2. The minimum atomic E-state index is -0.540. The maximum atomic E-state index is 13.2. The van der Waals surface area contributed by atoms with Crippen LogP contribution in [-0.2, 0) is 0 Å². The van der Waals surface area contributed by atoms with Crippen LogP contribution in [0.4, 0.5) is 10.1 Å². The third-order valence-electron chi connectivity index (χ3n) is 2.47. The molecule has 0 fully saturated rings. The molecule has 106 valence electrons. The lowest BCUT2D eigenvalue weighted by atomic mass is 10.2. The zero-order valence-corrected chi connectivity index (χ0v) is 11.6. The summed E-state index contributed by atoms with van der Waals surface area (Å²) in [5.41, 5.74) is 6.14. The summed E-state index contributed by atoms with van der Waals surface area (Å²) < 4.78 is 13.2. The van der Waals surface area contributed by atoms with Gasteiger partial charge in [-0.15, -0.1) is 0 Å². The van der Waals surface area contributed by atoms with E-state index in [0.717, 1.165) is 12.1 Å². The van der Waals surface area contributed by atoms with E-state index in [2.05, 4.69) is 22.1 Å². The zero-order valence-electron chi connectivity index (χ0n) is 10.9. The summed E-state index contributed by atoms with van der Waals surface area (Å²) in [6, 6.07) is 7.07. The number of rotatable bonds is 2. The van der Waals surface area contributed by atoms with Gasteiger partial charge in [0, 0.05) is 16.9 Å². The topological polar surface area (TPSA) is 68.0 Å². The highest BCUT2D eigenvalue weighted by atomic mass is 35.5. The molecule has 0 aliphatic rings. The van der Waals surface area contributed by atoms with Crippen molar-refractivity contribution >= 4 is 23.2 Å². The summed E-state index contributed by atoms with van der Waals surface area (Å²) in [5, 5.41) is 2.72. The van der Waals surface area contributed by atoms with Crippen LogP contribution in [0.15, 0.2) is 36.5 Å². The Kier molecular flexibility index (Phi) is 4.88. The molecular weight excluding hydrogens is 293 g/mol. The van der Waals surface area contributed by atoms with Crippen molar-refractivity contribution in [3.63, 3.8) is 0 Å². The fraction of sp³-hybridized carbons (Fsp3) is 0.0667. The van der Waals surface area contributed by atoms with Gasteiger partial charge in [-0.1, -0.05) is 23.4 Å². The quantitative estimate of drug-likeness (QED) is 0.837. The molecule has 0 saturated heterocycles. The number of anilines is 1. The van der Waals surface area contributed by atoms with Gasteiger partial charge in [0.1, 0.15) is 11.5 Å². The molecule has 21 heavy (non-hydrogen) atoms. The summed E-state index contributed by atoms with van der Waals surface area (Å²) in [6.07, 6.45) is 1.47. The second kappa shape index (κ2) is 6.84. The van der Waals surface area contributed by atoms with Gasteiger partial charge in [0.2, 0.25) is 0 Å². The van der Waals surface area contributed by atoms with E-state index in [4.69, 9.17) is 17.3 Å². The summed E-state index contributed by atoms with van der Waals surface area (Å²) >= 11 is 5.74. The van der Waals surface area contributed by atoms with Crippen molar-refractivity contribution in [1.82, 2.24) is 4.98 Å². The van der Waals surface area contributed by atoms with Gasteiger partial charge in [0.15, 0.2) is 0 Å². The number of halogens is 2. The molecule has 1 aromatic heterocycles. The Morgan fingerprint density at radius 3 is 2.95 bits per heavy atom. The highest BCUT2D eigenvalue weighted by Crippen LogP contribution is 2.19. The fourth-order valence-corrected chi connectivity index (χ4v) is 1.87. The minimum absolute atomic E-state index is 0.138. The second-order valence-corrected chi connectivity index (χ2v) is 4.45. The maximum Gasteiger partial charge on any atom is 0.275 e. The first-order valence-corrected chi connectivity index (χ1v) is 6.39. The number of nitrogens with zero attached hydrogens (tertiary/aromatic N) is 1. The van der Waals surface area contributed by atoms with E-state index in [-0.39, 0.29) is 22.9 Å². The number of hydrogen-bond acceptors (Lipinski definition) is 3. The van der Waals surface area contributed by atoms with Crippen molar-refractivity contribution in [3.05, 3.63) is 58.6 Å². The number of aromatic nitrogens is 1. The number of pyridine rings is 1. The molecular formula is C15H11ClFN3O. The molecule has 0 unspecified atom stereocenters. The molecule has 0 radical (unpaired) electrons. The molecule has 1 amide bonds. The van der Waals surface area contributed by atoms with Crippen LogP contribution in [0.25, 0.3) is 0 Å². The lowest BCUT2D eigenvalue weighted by molar-refractivity contribution is 0.102. The Hall–Kier alpha value is -2.42. The molecule has 2 rings (SSSR count). The van der Waals surface area contributed by atoms with Crippen LogP contribution < -0.4 is 11.1 Å². The van der Waals surface area contributed by atoms with E-state index in [1.165, 1.54) is 12.3 Å². The van der Waals surface area contributed by atoms with Crippen LogP contribution in [0, 0.1) is 17.7 Å². The van der Waals surface area contributed by atoms with Gasteiger partial charge in [-0.3, -0.25) is 4.79 Å². The van der Waals surface area contributed by atoms with Gasteiger partial charge in [0.25, 0.3) is 5.91 Å². The zero-order chi connectivity index (χ0) is 15.2. The summed E-state index contributed by atoms with van der Waals surface area (Å²) in [6.45, 7) is 0.176. The number of nitrogens with two attached hydrogens (primary N) is 1. The van der Waals surface area contributed by atoms with E-state index < -0.39 is 11.7 Å². The summed E-state index contributed by atoms with van der Waals surface area (Å²) in [4.78, 5) is 16.2. The Morgan fingerprint density at radius 2 is 2.24 bits per heavy atom. The number of carbonyl (C=O) groups excluding carboxylic acids is 1. The lowest BCUT2D eigenvalue weighted by Gasteiger charge is -2.06. The number of nitrogens with one attached hydrogen (secondary N) is 1. The van der Waals surface area contributed by atoms with Crippen LogP contribution in [0.5, 0.6) is 0 Å². The minimum Gasteiger partial charge on any atom is -0.320 e. The molecule has 0 spiro atoms. The third-order valence-corrected chi connectivity index (χ3v) is 2.69. The monoisotopic (exact) mass is 303 g/mol. The van der Waals surface area contributed by atoms with Crippen molar-refractivity contribution < 1.29 is 9.18 Å². The van der Waals surface area contributed by atoms with Crippen LogP contribution >= 0.6 is 11.6 Å². The fourth-order valence-electron chi connectivity index (χ4n) is 1.65. The van der Waals surface area contributed by atoms with Crippen LogP contribution in [0.2, 0.25) is 5.02 Å². The summed E-state index contributed by atoms with van der Waals surface area (Å²) in [5.74, 6) is 4.38. The van der Waals surface area contributed by atoms with E-state index in [0.29, 0.717) is 5.56 Å². The standard InChI is InChI=1S/C15H11ClFN3O/c16-11-7-12(17)9-13(8-11)20-15(21)14-10(3-1-5-18)4-2-6-19-14/h2,4,6-9H,5,18H2,(H,20,21). The molecule has 3 N–H and O–H groups in total. The third kappa shape index (κ3) is 4.02. The number of carbonyl (C=O) groups is 1. The van der Waals surface area contributed by atoms with Gasteiger partial charge in [-0.25, -0.2) is 9.37 Å². The van der Waals surface area contributed by atoms with Crippen LogP contribution in [0.1, 0.15) is 16.1 Å². The second-order valence-electron chi connectivity index (χ2n) is 4.02.